The minimum Gasteiger partial charge on any atom is -0.494 e. The number of hydrogen-bond donors (Lipinski definition) is 1. The Labute approximate surface area is 221 Å². The van der Waals surface area contributed by atoms with E-state index in [4.69, 9.17) is 4.74 Å². The molecule has 0 unspecified atom stereocenters. The minimum atomic E-state index is -0.133. The van der Waals surface area contributed by atoms with Crippen molar-refractivity contribution in [3.8, 4) is 23.2 Å². The zero-order chi connectivity index (χ0) is 25.3. The summed E-state index contributed by atoms with van der Waals surface area (Å²) in [6.45, 7) is 5.59. The summed E-state index contributed by atoms with van der Waals surface area (Å²) in [7, 11) is 0. The van der Waals surface area contributed by atoms with E-state index in [0.29, 0.717) is 28.9 Å². The number of nitriles is 1. The zero-order valence-electron chi connectivity index (χ0n) is 21.0. The third-order valence-corrected chi connectivity index (χ3v) is 8.45. The van der Waals surface area contributed by atoms with Crippen LogP contribution in [0.2, 0.25) is 0 Å². The highest BCUT2D eigenvalue weighted by molar-refractivity contribution is 7.99. The topological polar surface area (TPSA) is 92.8 Å². The maximum absolute atomic E-state index is 12.8. The quantitative estimate of drug-likeness (QED) is 0.242. The number of aryl methyl sites for hydroxylation is 1. The van der Waals surface area contributed by atoms with Crippen molar-refractivity contribution < 1.29 is 9.53 Å². The summed E-state index contributed by atoms with van der Waals surface area (Å²) in [5.41, 5.74) is 2.75. The maximum atomic E-state index is 12.8. The molecule has 0 aliphatic heterocycles. The van der Waals surface area contributed by atoms with Gasteiger partial charge in [0.05, 0.1) is 17.9 Å². The van der Waals surface area contributed by atoms with Gasteiger partial charge >= 0.3 is 0 Å². The fraction of sp³-hybridized carbons (Fsp3) is 0.481. The van der Waals surface area contributed by atoms with Crippen LogP contribution in [-0.4, -0.2) is 33.0 Å². The Bertz CT molecular complexity index is 1210. The molecule has 9 heteroatoms. The molecule has 0 atom stereocenters. The first-order chi connectivity index (χ1) is 17.6. The zero-order valence-corrected chi connectivity index (χ0v) is 22.6. The van der Waals surface area contributed by atoms with Gasteiger partial charge in [-0.1, -0.05) is 37.9 Å². The molecule has 7 nitrogen and oxygen atoms in total. The molecule has 3 aromatic rings. The monoisotopic (exact) mass is 523 g/mol. The number of thiophene rings is 1. The summed E-state index contributed by atoms with van der Waals surface area (Å²) >= 11 is 2.93. The first-order valence-corrected chi connectivity index (χ1v) is 14.6. The summed E-state index contributed by atoms with van der Waals surface area (Å²) in [4.78, 5) is 14.1. The molecule has 1 aliphatic carbocycles. The van der Waals surface area contributed by atoms with Crippen molar-refractivity contribution >= 4 is 34.0 Å². The van der Waals surface area contributed by atoms with Gasteiger partial charge in [-0.2, -0.15) is 5.26 Å². The summed E-state index contributed by atoms with van der Waals surface area (Å²) in [5.74, 6) is 1.69. The van der Waals surface area contributed by atoms with E-state index in [1.807, 2.05) is 35.8 Å². The van der Waals surface area contributed by atoms with Gasteiger partial charge in [0.25, 0.3) is 0 Å². The maximum Gasteiger partial charge on any atom is 0.235 e. The van der Waals surface area contributed by atoms with Crippen LogP contribution in [0.1, 0.15) is 68.4 Å². The number of rotatable bonds is 10. The molecule has 1 N–H and O–H groups in total. The van der Waals surface area contributed by atoms with E-state index < -0.39 is 0 Å². The molecule has 2 heterocycles. The first kappa shape index (κ1) is 26.2. The number of amides is 1. The number of fused-ring (bicyclic) bond motifs is 1. The van der Waals surface area contributed by atoms with E-state index in [1.54, 1.807) is 11.3 Å². The molecule has 190 valence electrons. The Morgan fingerprint density at radius 1 is 1.17 bits per heavy atom. The number of carbonyl (C=O) groups excluding carboxylic acids is 1. The van der Waals surface area contributed by atoms with Gasteiger partial charge in [-0.3, -0.25) is 4.79 Å². The van der Waals surface area contributed by atoms with Crippen LogP contribution in [0.3, 0.4) is 0 Å². The lowest BCUT2D eigenvalue weighted by Gasteiger charge is -2.09. The first-order valence-electron chi connectivity index (χ1n) is 12.8. The van der Waals surface area contributed by atoms with Crippen LogP contribution in [0.25, 0.3) is 11.4 Å². The number of thioether (sulfide) groups is 1. The van der Waals surface area contributed by atoms with Gasteiger partial charge in [0.1, 0.15) is 16.8 Å². The Morgan fingerprint density at radius 2 is 1.94 bits per heavy atom. The molecule has 0 fully saturated rings. The second kappa shape index (κ2) is 12.9. The Hall–Kier alpha value is -2.83. The molecule has 1 amide bonds. The Morgan fingerprint density at radius 3 is 2.67 bits per heavy atom. The lowest BCUT2D eigenvalue weighted by Crippen LogP contribution is -2.14. The van der Waals surface area contributed by atoms with Gasteiger partial charge in [0, 0.05) is 17.0 Å². The van der Waals surface area contributed by atoms with E-state index in [1.165, 1.54) is 29.5 Å². The van der Waals surface area contributed by atoms with Gasteiger partial charge in [0.2, 0.25) is 5.91 Å². The summed E-state index contributed by atoms with van der Waals surface area (Å²) in [6.07, 6.45) is 8.74. The Kier molecular flexibility index (Phi) is 9.42. The van der Waals surface area contributed by atoms with Crippen molar-refractivity contribution in [3.05, 3.63) is 40.3 Å². The standard InChI is InChI=1S/C27H33N5O2S2/c1-3-5-16-34-20-14-12-19(13-15-20)25-30-31-27(32(25)4-2)35-18-24(33)29-26-22(17-28)21-10-8-6-7-9-11-23(21)36-26/h12-15H,3-11,16,18H2,1-2H3,(H,29,33). The number of ether oxygens (including phenoxy) is 1. The van der Waals surface area contributed by atoms with Crippen LogP contribution in [0.15, 0.2) is 29.4 Å². The van der Waals surface area contributed by atoms with Crippen molar-refractivity contribution in [3.63, 3.8) is 0 Å². The fourth-order valence-corrected chi connectivity index (χ4v) is 6.41. The highest BCUT2D eigenvalue weighted by Crippen LogP contribution is 2.36. The van der Waals surface area contributed by atoms with Crippen molar-refractivity contribution in [2.75, 3.05) is 17.7 Å². The predicted molar refractivity (Wildman–Crippen MR) is 146 cm³/mol. The van der Waals surface area contributed by atoms with Gasteiger partial charge < -0.3 is 14.6 Å². The molecule has 1 aliphatic rings. The number of anilines is 1. The van der Waals surface area contributed by atoms with Crippen LogP contribution < -0.4 is 10.1 Å². The van der Waals surface area contributed by atoms with E-state index >= 15 is 0 Å². The Balaban J connectivity index is 1.40. The number of aromatic nitrogens is 3. The second-order valence-electron chi connectivity index (χ2n) is 8.85. The lowest BCUT2D eigenvalue weighted by molar-refractivity contribution is -0.113. The number of unbranched alkanes of at least 4 members (excludes halogenated alkanes) is 1. The summed E-state index contributed by atoms with van der Waals surface area (Å²) in [6, 6.07) is 10.2. The highest BCUT2D eigenvalue weighted by atomic mass is 32.2. The lowest BCUT2D eigenvalue weighted by atomic mass is 9.97. The molecule has 0 spiro atoms. The van der Waals surface area contributed by atoms with E-state index in [9.17, 15) is 10.1 Å². The van der Waals surface area contributed by atoms with Crippen LogP contribution in [0, 0.1) is 11.3 Å². The normalized spacial score (nSPS) is 13.4. The van der Waals surface area contributed by atoms with Gasteiger partial charge in [-0.05, 0) is 68.9 Å². The summed E-state index contributed by atoms with van der Waals surface area (Å²) < 4.78 is 7.77. The third-order valence-electron chi connectivity index (χ3n) is 6.28. The van der Waals surface area contributed by atoms with Crippen molar-refractivity contribution in [2.45, 2.75) is 76.9 Å². The van der Waals surface area contributed by atoms with Crippen LogP contribution in [0.5, 0.6) is 5.75 Å². The van der Waals surface area contributed by atoms with Crippen molar-refractivity contribution in [2.24, 2.45) is 0 Å². The van der Waals surface area contributed by atoms with E-state index in [0.717, 1.165) is 61.2 Å². The largest absolute Gasteiger partial charge is 0.494 e. The van der Waals surface area contributed by atoms with Crippen molar-refractivity contribution in [1.29, 1.82) is 5.26 Å². The van der Waals surface area contributed by atoms with E-state index in [2.05, 4.69) is 28.5 Å². The fourth-order valence-electron chi connectivity index (χ4n) is 4.35. The smallest absolute Gasteiger partial charge is 0.235 e. The molecule has 0 radical (unpaired) electrons. The van der Waals surface area contributed by atoms with Crippen LogP contribution >= 0.6 is 23.1 Å². The average molecular weight is 524 g/mol. The van der Waals surface area contributed by atoms with Gasteiger partial charge in [-0.15, -0.1) is 21.5 Å². The third kappa shape index (κ3) is 6.29. The SMILES string of the molecule is CCCCOc1ccc(-c2nnc(SCC(=O)Nc3sc4c(c3C#N)CCCCCC4)n2CC)cc1. The van der Waals surface area contributed by atoms with E-state index in [-0.39, 0.29) is 11.7 Å². The van der Waals surface area contributed by atoms with Crippen LogP contribution in [-0.2, 0) is 24.2 Å². The number of nitrogens with one attached hydrogen (secondary N) is 1. The number of benzene rings is 1. The molecule has 0 bridgehead atoms. The molecule has 0 saturated heterocycles. The average Bonchev–Trinajstić information content (AvgIpc) is 3.43. The molecule has 4 rings (SSSR count). The van der Waals surface area contributed by atoms with Crippen molar-refractivity contribution in [1.82, 2.24) is 14.8 Å². The number of carbonyl (C=O) groups is 1. The second-order valence-corrected chi connectivity index (χ2v) is 10.9. The van der Waals surface area contributed by atoms with Crippen LogP contribution in [0.4, 0.5) is 5.00 Å². The minimum absolute atomic E-state index is 0.133. The molecule has 1 aromatic carbocycles. The number of hydrogen-bond acceptors (Lipinski definition) is 7. The number of nitrogens with zero attached hydrogens (tertiary/aromatic N) is 4. The molecular weight excluding hydrogens is 490 g/mol. The molecule has 0 saturated carbocycles. The summed E-state index contributed by atoms with van der Waals surface area (Å²) in [5, 5.41) is 22.9. The molecule has 2 aromatic heterocycles. The highest BCUT2D eigenvalue weighted by Gasteiger charge is 2.21. The predicted octanol–water partition coefficient (Wildman–Crippen LogP) is 6.47. The molecular formula is C27H33N5O2S2. The molecule has 36 heavy (non-hydrogen) atoms. The van der Waals surface area contributed by atoms with Gasteiger partial charge in [-0.25, -0.2) is 0 Å². The van der Waals surface area contributed by atoms with Gasteiger partial charge in [0.15, 0.2) is 11.0 Å².